The van der Waals surface area contributed by atoms with Crippen molar-refractivity contribution in [2.75, 3.05) is 6.54 Å². The minimum atomic E-state index is 0. The number of rotatable bonds is 6. The molecule has 0 amide bonds. The van der Waals surface area contributed by atoms with Crippen LogP contribution in [0, 0.1) is 6.92 Å². The highest BCUT2D eigenvalue weighted by Crippen LogP contribution is 2.16. The predicted octanol–water partition coefficient (Wildman–Crippen LogP) is 3.71. The maximum Gasteiger partial charge on any atom is 0.191 e. The van der Waals surface area contributed by atoms with Crippen molar-refractivity contribution in [2.45, 2.75) is 26.9 Å². The lowest BCUT2D eigenvalue weighted by molar-refractivity contribution is 0.821. The Kier molecular flexibility index (Phi) is 8.05. The van der Waals surface area contributed by atoms with Gasteiger partial charge in [0.05, 0.1) is 13.1 Å². The van der Waals surface area contributed by atoms with Gasteiger partial charge >= 0.3 is 0 Å². The number of aliphatic imine (C=N–C) groups is 1. The second-order valence-electron chi connectivity index (χ2n) is 5.61. The zero-order valence-corrected chi connectivity index (χ0v) is 18.0. The Balaban J connectivity index is 0.00000243. The molecule has 3 rings (SSSR count). The number of guanidine groups is 1. The third-order valence-corrected chi connectivity index (χ3v) is 4.79. The lowest BCUT2D eigenvalue weighted by Crippen LogP contribution is -2.36. The number of aromatic nitrogens is 3. The van der Waals surface area contributed by atoms with Crippen molar-refractivity contribution >= 4 is 41.3 Å². The van der Waals surface area contributed by atoms with Gasteiger partial charge in [-0.25, -0.2) is 9.98 Å². The minimum Gasteiger partial charge on any atom is -0.357 e. The molecule has 0 bridgehead atoms. The Morgan fingerprint density at radius 1 is 1.27 bits per heavy atom. The summed E-state index contributed by atoms with van der Waals surface area (Å²) in [6.45, 7) is 6.41. The summed E-state index contributed by atoms with van der Waals surface area (Å²) in [7, 11) is 0. The molecule has 6 nitrogen and oxygen atoms in total. The Morgan fingerprint density at radius 3 is 2.85 bits per heavy atom. The van der Waals surface area contributed by atoms with Crippen LogP contribution >= 0.6 is 35.3 Å². The number of hydrogen-bond donors (Lipinski definition) is 3. The van der Waals surface area contributed by atoms with E-state index in [4.69, 9.17) is 0 Å². The molecule has 0 atom stereocenters. The normalized spacial score (nSPS) is 11.1. The summed E-state index contributed by atoms with van der Waals surface area (Å²) in [5, 5.41) is 15.6. The molecule has 8 heteroatoms. The van der Waals surface area contributed by atoms with Crippen molar-refractivity contribution in [1.29, 1.82) is 0 Å². The Labute approximate surface area is 174 Å². The van der Waals surface area contributed by atoms with E-state index in [0.717, 1.165) is 36.0 Å². The number of aromatic amines is 1. The van der Waals surface area contributed by atoms with Crippen LogP contribution in [0.4, 0.5) is 0 Å². The second kappa shape index (κ2) is 10.3. The number of nitrogens with one attached hydrogen (secondary N) is 3. The van der Waals surface area contributed by atoms with Crippen molar-refractivity contribution in [1.82, 2.24) is 25.8 Å². The molecule has 138 valence electrons. The molecule has 26 heavy (non-hydrogen) atoms. The van der Waals surface area contributed by atoms with Gasteiger partial charge in [-0.3, -0.25) is 5.10 Å². The van der Waals surface area contributed by atoms with Crippen molar-refractivity contribution in [3.63, 3.8) is 0 Å². The summed E-state index contributed by atoms with van der Waals surface area (Å²) in [4.78, 5) is 10.2. The average Bonchev–Trinajstić information content (AvgIpc) is 3.29. The molecular weight excluding hydrogens is 459 g/mol. The SMILES string of the molecule is CCNC(=NCc1cccc(-c2ncn[nH]2)c1)NCc1sccc1C.I. The van der Waals surface area contributed by atoms with Gasteiger partial charge in [-0.05, 0) is 42.5 Å². The fraction of sp³-hybridized carbons (Fsp3) is 0.278. The summed E-state index contributed by atoms with van der Waals surface area (Å²) in [6.07, 6.45) is 1.51. The van der Waals surface area contributed by atoms with Gasteiger partial charge in [0.25, 0.3) is 0 Å². The standard InChI is InChI=1S/C18H22N6S.HI/c1-3-19-18(21-11-16-13(2)7-8-25-16)20-10-14-5-4-6-15(9-14)17-22-12-23-24-17;/h4-9,12H,3,10-11H2,1-2H3,(H2,19,20,21)(H,22,23,24);1H. The topological polar surface area (TPSA) is 78.0 Å². The zero-order valence-electron chi connectivity index (χ0n) is 14.8. The van der Waals surface area contributed by atoms with E-state index in [0.29, 0.717) is 6.54 Å². The number of H-pyrrole nitrogens is 1. The molecular formula is C18H23IN6S. The number of nitrogens with zero attached hydrogens (tertiary/aromatic N) is 3. The molecule has 3 N–H and O–H groups in total. The fourth-order valence-electron chi connectivity index (χ4n) is 2.42. The minimum absolute atomic E-state index is 0. The van der Waals surface area contributed by atoms with Crippen LogP contribution in [-0.2, 0) is 13.1 Å². The first-order valence-corrected chi connectivity index (χ1v) is 9.14. The average molecular weight is 482 g/mol. The Hall–Kier alpha value is -1.94. The molecule has 0 aliphatic carbocycles. The first-order chi connectivity index (χ1) is 12.3. The van der Waals surface area contributed by atoms with E-state index >= 15 is 0 Å². The maximum absolute atomic E-state index is 4.69. The molecule has 3 aromatic rings. The van der Waals surface area contributed by atoms with E-state index < -0.39 is 0 Å². The summed E-state index contributed by atoms with van der Waals surface area (Å²) >= 11 is 1.76. The van der Waals surface area contributed by atoms with Gasteiger partial charge in [-0.15, -0.1) is 35.3 Å². The Bertz CT molecular complexity index is 828. The quantitative estimate of drug-likeness (QED) is 0.285. The molecule has 0 aliphatic heterocycles. The second-order valence-corrected chi connectivity index (χ2v) is 6.61. The highest BCUT2D eigenvalue weighted by molar-refractivity contribution is 14.0. The van der Waals surface area contributed by atoms with E-state index in [9.17, 15) is 0 Å². The van der Waals surface area contributed by atoms with Gasteiger partial charge in [0.2, 0.25) is 0 Å². The van der Waals surface area contributed by atoms with Crippen LogP contribution in [-0.4, -0.2) is 27.7 Å². The van der Waals surface area contributed by atoms with Gasteiger partial charge in [0, 0.05) is 17.0 Å². The summed E-state index contributed by atoms with van der Waals surface area (Å²) in [5.74, 6) is 1.59. The Morgan fingerprint density at radius 2 is 2.15 bits per heavy atom. The largest absolute Gasteiger partial charge is 0.357 e. The first-order valence-electron chi connectivity index (χ1n) is 8.26. The number of benzene rings is 1. The lowest BCUT2D eigenvalue weighted by Gasteiger charge is -2.11. The van der Waals surface area contributed by atoms with Crippen LogP contribution in [0.25, 0.3) is 11.4 Å². The molecule has 0 fully saturated rings. The smallest absolute Gasteiger partial charge is 0.191 e. The number of aryl methyl sites for hydroxylation is 1. The fourth-order valence-corrected chi connectivity index (χ4v) is 3.27. The van der Waals surface area contributed by atoms with Gasteiger partial charge in [-0.2, -0.15) is 5.10 Å². The van der Waals surface area contributed by atoms with E-state index in [2.05, 4.69) is 68.2 Å². The van der Waals surface area contributed by atoms with E-state index in [-0.39, 0.29) is 24.0 Å². The molecule has 1 aromatic carbocycles. The van der Waals surface area contributed by atoms with E-state index in [1.54, 1.807) is 11.3 Å². The highest BCUT2D eigenvalue weighted by atomic mass is 127. The van der Waals surface area contributed by atoms with Crippen molar-refractivity contribution in [2.24, 2.45) is 4.99 Å². The van der Waals surface area contributed by atoms with Crippen LogP contribution in [0.15, 0.2) is 47.0 Å². The van der Waals surface area contributed by atoms with Crippen LogP contribution in [0.2, 0.25) is 0 Å². The van der Waals surface area contributed by atoms with Crippen LogP contribution < -0.4 is 10.6 Å². The third kappa shape index (κ3) is 5.53. The van der Waals surface area contributed by atoms with Gasteiger partial charge in [0.15, 0.2) is 11.8 Å². The van der Waals surface area contributed by atoms with Crippen molar-refractivity contribution in [3.8, 4) is 11.4 Å². The van der Waals surface area contributed by atoms with Crippen molar-refractivity contribution in [3.05, 3.63) is 58.0 Å². The molecule has 0 unspecified atom stereocenters. The van der Waals surface area contributed by atoms with Gasteiger partial charge < -0.3 is 10.6 Å². The maximum atomic E-state index is 4.69. The van der Waals surface area contributed by atoms with Crippen LogP contribution in [0.5, 0.6) is 0 Å². The number of halogens is 1. The number of thiophene rings is 1. The predicted molar refractivity (Wildman–Crippen MR) is 118 cm³/mol. The summed E-state index contributed by atoms with van der Waals surface area (Å²) in [5.41, 5.74) is 3.45. The van der Waals surface area contributed by atoms with Crippen LogP contribution in [0.3, 0.4) is 0 Å². The summed E-state index contributed by atoms with van der Waals surface area (Å²) in [6, 6.07) is 10.3. The number of hydrogen-bond acceptors (Lipinski definition) is 4. The molecule has 0 spiro atoms. The lowest BCUT2D eigenvalue weighted by atomic mass is 10.1. The van der Waals surface area contributed by atoms with E-state index in [1.165, 1.54) is 16.8 Å². The van der Waals surface area contributed by atoms with Crippen LogP contribution in [0.1, 0.15) is 22.9 Å². The van der Waals surface area contributed by atoms with E-state index in [1.807, 2.05) is 12.1 Å². The molecule has 0 aliphatic rings. The monoisotopic (exact) mass is 482 g/mol. The van der Waals surface area contributed by atoms with Crippen molar-refractivity contribution < 1.29 is 0 Å². The molecule has 0 saturated carbocycles. The van der Waals surface area contributed by atoms with Gasteiger partial charge in [-0.1, -0.05) is 18.2 Å². The molecule has 0 saturated heterocycles. The molecule has 0 radical (unpaired) electrons. The summed E-state index contributed by atoms with van der Waals surface area (Å²) < 4.78 is 0. The zero-order chi connectivity index (χ0) is 17.5. The molecule has 2 aromatic heterocycles. The highest BCUT2D eigenvalue weighted by Gasteiger charge is 2.04. The third-order valence-electron chi connectivity index (χ3n) is 3.76. The molecule has 2 heterocycles. The van der Waals surface area contributed by atoms with Gasteiger partial charge in [0.1, 0.15) is 6.33 Å². The first kappa shape index (κ1) is 20.4.